The third kappa shape index (κ3) is 5.36. The van der Waals surface area contributed by atoms with Gasteiger partial charge in [0.2, 0.25) is 0 Å². The molecule has 0 saturated heterocycles. The van der Waals surface area contributed by atoms with E-state index in [1.165, 1.54) is 12.2 Å². The van der Waals surface area contributed by atoms with Gasteiger partial charge in [0.15, 0.2) is 0 Å². The summed E-state index contributed by atoms with van der Waals surface area (Å²) in [6.07, 6.45) is -0.173. The summed E-state index contributed by atoms with van der Waals surface area (Å²) in [4.78, 5) is 11.7. The van der Waals surface area contributed by atoms with E-state index in [9.17, 15) is 18.0 Å². The van der Waals surface area contributed by atoms with Crippen molar-refractivity contribution in [1.82, 2.24) is 5.32 Å². The smallest absolute Gasteiger partial charge is 0.399 e. The van der Waals surface area contributed by atoms with Crippen LogP contribution in [0.5, 0.6) is 0 Å². The van der Waals surface area contributed by atoms with Gasteiger partial charge in [-0.15, -0.1) is 0 Å². The minimum absolute atomic E-state index is 0.0608. The third-order valence-electron chi connectivity index (χ3n) is 4.47. The Labute approximate surface area is 162 Å². The highest BCUT2D eigenvalue weighted by atomic mass is 35.5. The third-order valence-corrected chi connectivity index (χ3v) is 4.69. The molecule has 0 amide bonds. The Morgan fingerprint density at radius 3 is 2.59 bits per heavy atom. The molecule has 0 aromatic heterocycles. The molecule has 7 heteroatoms. The lowest BCUT2D eigenvalue weighted by atomic mass is 9.78. The SMILES string of the molecule is CCNCC1(C(F)(F)F)C=CC(c2cc(Cl)cc(CC(=O)OCC)c2)=CC1. The lowest BCUT2D eigenvalue weighted by Gasteiger charge is -2.34. The Bertz CT molecular complexity index is 743. The molecule has 1 N–H and O–H groups in total. The van der Waals surface area contributed by atoms with Gasteiger partial charge in [0, 0.05) is 11.6 Å². The number of rotatable bonds is 7. The summed E-state index contributed by atoms with van der Waals surface area (Å²) in [6.45, 7) is 4.07. The summed E-state index contributed by atoms with van der Waals surface area (Å²) in [5, 5.41) is 3.22. The molecule has 1 aromatic carbocycles. The predicted molar refractivity (Wildman–Crippen MR) is 101 cm³/mol. The molecule has 1 aliphatic rings. The number of ether oxygens (including phenoxy) is 1. The van der Waals surface area contributed by atoms with E-state index in [0.29, 0.717) is 28.3 Å². The minimum atomic E-state index is -4.35. The van der Waals surface area contributed by atoms with Crippen LogP contribution in [0.25, 0.3) is 5.57 Å². The number of benzene rings is 1. The standard InChI is InChI=1S/C20H23ClF3NO2/c1-3-25-13-19(20(22,23)24)7-5-15(6-8-19)16-9-14(10-17(21)12-16)11-18(26)27-4-2/h5-7,9-10,12,25H,3-4,8,11,13H2,1-2H3. The van der Waals surface area contributed by atoms with E-state index in [0.717, 1.165) is 0 Å². The maximum Gasteiger partial charge on any atom is 0.399 e. The normalized spacial score (nSPS) is 19.7. The van der Waals surface area contributed by atoms with Gasteiger partial charge in [-0.25, -0.2) is 0 Å². The first-order valence-corrected chi connectivity index (χ1v) is 9.21. The monoisotopic (exact) mass is 401 g/mol. The second-order valence-electron chi connectivity index (χ2n) is 6.46. The molecule has 3 nitrogen and oxygen atoms in total. The minimum Gasteiger partial charge on any atom is -0.466 e. The van der Waals surface area contributed by atoms with Gasteiger partial charge in [-0.2, -0.15) is 13.2 Å². The van der Waals surface area contributed by atoms with Gasteiger partial charge in [0.05, 0.1) is 13.0 Å². The number of hydrogen-bond donors (Lipinski definition) is 1. The van der Waals surface area contributed by atoms with Crippen molar-refractivity contribution in [1.29, 1.82) is 0 Å². The van der Waals surface area contributed by atoms with Crippen molar-refractivity contribution in [2.45, 2.75) is 32.9 Å². The van der Waals surface area contributed by atoms with Gasteiger partial charge in [-0.05, 0) is 48.7 Å². The number of halogens is 4. The van der Waals surface area contributed by atoms with Gasteiger partial charge >= 0.3 is 12.1 Å². The molecule has 1 atom stereocenters. The van der Waals surface area contributed by atoms with Crippen LogP contribution in [-0.2, 0) is 16.0 Å². The highest BCUT2D eigenvalue weighted by Gasteiger charge is 2.52. The van der Waals surface area contributed by atoms with Crippen LogP contribution in [0.3, 0.4) is 0 Å². The van der Waals surface area contributed by atoms with Crippen molar-refractivity contribution >= 4 is 23.1 Å². The number of allylic oxidation sites excluding steroid dienone is 3. The van der Waals surface area contributed by atoms with Gasteiger partial charge in [-0.3, -0.25) is 4.79 Å². The summed E-state index contributed by atoms with van der Waals surface area (Å²) in [5.74, 6) is -0.374. The van der Waals surface area contributed by atoms with Crippen LogP contribution in [0.2, 0.25) is 5.02 Å². The van der Waals surface area contributed by atoms with Crippen molar-refractivity contribution in [3.8, 4) is 0 Å². The average molecular weight is 402 g/mol. The summed E-state index contributed by atoms with van der Waals surface area (Å²) < 4.78 is 45.7. The van der Waals surface area contributed by atoms with Crippen molar-refractivity contribution in [2.24, 2.45) is 5.41 Å². The van der Waals surface area contributed by atoms with Gasteiger partial charge < -0.3 is 10.1 Å². The molecule has 148 valence electrons. The van der Waals surface area contributed by atoms with Crippen LogP contribution in [0.1, 0.15) is 31.4 Å². The Hall–Kier alpha value is -1.79. The Balaban J connectivity index is 2.25. The van der Waals surface area contributed by atoms with Gasteiger partial charge in [0.1, 0.15) is 5.41 Å². The fraction of sp³-hybridized carbons (Fsp3) is 0.450. The zero-order valence-electron chi connectivity index (χ0n) is 15.3. The van der Waals surface area contributed by atoms with Crippen molar-refractivity contribution < 1.29 is 22.7 Å². The van der Waals surface area contributed by atoms with Crippen LogP contribution in [0.4, 0.5) is 13.2 Å². The molecule has 0 bridgehead atoms. The first kappa shape index (κ1) is 21.5. The average Bonchev–Trinajstić information content (AvgIpc) is 2.59. The topological polar surface area (TPSA) is 38.3 Å². The molecule has 0 heterocycles. The molecule has 0 spiro atoms. The molecule has 27 heavy (non-hydrogen) atoms. The molecule has 1 aromatic rings. The summed E-state index contributed by atoms with van der Waals surface area (Å²) in [6, 6.07) is 5.08. The molecular weight excluding hydrogens is 379 g/mol. The summed E-state index contributed by atoms with van der Waals surface area (Å²) in [5.41, 5.74) is 0.0700. The van der Waals surface area contributed by atoms with Crippen molar-refractivity contribution in [2.75, 3.05) is 19.7 Å². The summed E-state index contributed by atoms with van der Waals surface area (Å²) in [7, 11) is 0. The van der Waals surface area contributed by atoms with E-state index in [1.54, 1.807) is 38.1 Å². The van der Waals surface area contributed by atoms with Crippen molar-refractivity contribution in [3.63, 3.8) is 0 Å². The molecule has 0 saturated carbocycles. The lowest BCUT2D eigenvalue weighted by molar-refractivity contribution is -0.203. The largest absolute Gasteiger partial charge is 0.466 e. The quantitative estimate of drug-likeness (QED) is 0.657. The first-order chi connectivity index (χ1) is 12.7. The maximum atomic E-state index is 13.6. The van der Waals surface area contributed by atoms with Crippen LogP contribution in [0.15, 0.2) is 36.4 Å². The van der Waals surface area contributed by atoms with E-state index < -0.39 is 11.6 Å². The Morgan fingerprint density at radius 2 is 2.04 bits per heavy atom. The van der Waals surface area contributed by atoms with Crippen molar-refractivity contribution in [3.05, 3.63) is 52.6 Å². The second-order valence-corrected chi connectivity index (χ2v) is 6.90. The van der Waals surface area contributed by atoms with Crippen LogP contribution in [0, 0.1) is 5.41 Å². The number of carbonyl (C=O) groups excluding carboxylic acids is 1. The molecule has 0 radical (unpaired) electrons. The number of nitrogens with one attached hydrogen (secondary N) is 1. The van der Waals surface area contributed by atoms with E-state index in [-0.39, 0.29) is 32.0 Å². The maximum absolute atomic E-state index is 13.6. The van der Waals surface area contributed by atoms with E-state index >= 15 is 0 Å². The lowest BCUT2D eigenvalue weighted by Crippen LogP contribution is -2.45. The van der Waals surface area contributed by atoms with E-state index in [2.05, 4.69) is 5.32 Å². The zero-order valence-corrected chi connectivity index (χ0v) is 16.1. The molecule has 2 rings (SSSR count). The molecular formula is C20H23ClF3NO2. The number of carbonyl (C=O) groups is 1. The van der Waals surface area contributed by atoms with E-state index in [1.807, 2.05) is 0 Å². The highest BCUT2D eigenvalue weighted by Crippen LogP contribution is 2.45. The molecule has 0 aliphatic heterocycles. The molecule has 1 unspecified atom stereocenters. The van der Waals surface area contributed by atoms with Crippen LogP contribution < -0.4 is 5.32 Å². The zero-order chi connectivity index (χ0) is 20.1. The Kier molecular flexibility index (Phi) is 7.12. The van der Waals surface area contributed by atoms with Crippen LogP contribution in [-0.4, -0.2) is 31.8 Å². The second kappa shape index (κ2) is 8.93. The fourth-order valence-corrected chi connectivity index (χ4v) is 3.24. The number of esters is 1. The van der Waals surface area contributed by atoms with Crippen LogP contribution >= 0.6 is 11.6 Å². The number of alkyl halides is 3. The predicted octanol–water partition coefficient (Wildman–Crippen LogP) is 4.95. The highest BCUT2D eigenvalue weighted by molar-refractivity contribution is 6.30. The van der Waals surface area contributed by atoms with E-state index in [4.69, 9.17) is 16.3 Å². The molecule has 1 aliphatic carbocycles. The van der Waals surface area contributed by atoms with Gasteiger partial charge in [0.25, 0.3) is 0 Å². The first-order valence-electron chi connectivity index (χ1n) is 8.83. The molecule has 0 fully saturated rings. The van der Waals surface area contributed by atoms with Gasteiger partial charge in [-0.1, -0.05) is 42.8 Å². The Morgan fingerprint density at radius 1 is 1.30 bits per heavy atom. The fourth-order valence-electron chi connectivity index (χ4n) is 2.98. The number of hydrogen-bond acceptors (Lipinski definition) is 3. The summed E-state index contributed by atoms with van der Waals surface area (Å²) >= 11 is 6.13.